The summed E-state index contributed by atoms with van der Waals surface area (Å²) in [5.41, 5.74) is 3.21. The van der Waals surface area contributed by atoms with Crippen LogP contribution in [-0.2, 0) is 11.3 Å². The number of amides is 1. The van der Waals surface area contributed by atoms with Crippen molar-refractivity contribution in [2.24, 2.45) is 11.8 Å². The van der Waals surface area contributed by atoms with E-state index >= 15 is 0 Å². The number of aromatic nitrogens is 3. The van der Waals surface area contributed by atoms with Crippen LogP contribution in [0.5, 0.6) is 0 Å². The lowest BCUT2D eigenvalue weighted by atomic mass is 9.77. The number of benzene rings is 1. The van der Waals surface area contributed by atoms with Crippen LogP contribution in [0.4, 0.5) is 0 Å². The van der Waals surface area contributed by atoms with Gasteiger partial charge in [0.05, 0.1) is 23.5 Å². The molecule has 2 N–H and O–H groups in total. The highest BCUT2D eigenvalue weighted by Crippen LogP contribution is 2.38. The van der Waals surface area contributed by atoms with Crippen LogP contribution >= 0.6 is 0 Å². The van der Waals surface area contributed by atoms with Crippen molar-refractivity contribution < 1.29 is 9.90 Å². The number of nitrogens with one attached hydrogen (secondary N) is 1. The van der Waals surface area contributed by atoms with Gasteiger partial charge in [0, 0.05) is 44.5 Å². The summed E-state index contributed by atoms with van der Waals surface area (Å²) in [5, 5.41) is 13.4. The Kier molecular flexibility index (Phi) is 5.00. The van der Waals surface area contributed by atoms with Gasteiger partial charge in [-0.25, -0.2) is 9.97 Å². The number of aliphatic hydroxyl groups is 1. The molecule has 4 atom stereocenters. The minimum Gasteiger partial charge on any atom is -0.391 e. The first-order chi connectivity index (χ1) is 14.6. The van der Waals surface area contributed by atoms with Crippen molar-refractivity contribution in [1.82, 2.24) is 24.6 Å². The van der Waals surface area contributed by atoms with Crippen molar-refractivity contribution in [3.05, 3.63) is 54.5 Å². The van der Waals surface area contributed by atoms with Gasteiger partial charge in [0.1, 0.15) is 0 Å². The number of imidazole rings is 1. The monoisotopic (exact) mass is 405 g/mol. The molecule has 2 aliphatic rings. The maximum Gasteiger partial charge on any atom is 0.234 e. The Labute approximate surface area is 175 Å². The lowest BCUT2D eigenvalue weighted by Crippen LogP contribution is -2.48. The van der Waals surface area contributed by atoms with Gasteiger partial charge in [-0.1, -0.05) is 30.3 Å². The fourth-order valence-corrected chi connectivity index (χ4v) is 5.20. The van der Waals surface area contributed by atoms with Gasteiger partial charge >= 0.3 is 0 Å². The van der Waals surface area contributed by atoms with Crippen LogP contribution in [0.2, 0.25) is 0 Å². The highest BCUT2D eigenvalue weighted by Gasteiger charge is 2.42. The molecule has 0 spiro atoms. The quantitative estimate of drug-likeness (QED) is 0.695. The van der Waals surface area contributed by atoms with E-state index in [1.54, 1.807) is 6.20 Å². The molecule has 0 unspecified atom stereocenters. The van der Waals surface area contributed by atoms with E-state index in [1.807, 2.05) is 30.5 Å². The number of carbonyl (C=O) groups is 1. The molecule has 1 aromatic carbocycles. The zero-order valence-electron chi connectivity index (χ0n) is 17.1. The zero-order chi connectivity index (χ0) is 20.7. The average Bonchev–Trinajstić information content (AvgIpc) is 3.29. The van der Waals surface area contributed by atoms with Gasteiger partial charge in [-0.05, 0) is 30.7 Å². The lowest BCUT2D eigenvalue weighted by Gasteiger charge is -2.35. The predicted octanol–water partition coefficient (Wildman–Crippen LogP) is 2.10. The minimum absolute atomic E-state index is 0.0712. The molecule has 2 aromatic heterocycles. The SMILES string of the molecule is CC(=O)N[C@@H]1C[C@@H]2CN(Cc3c(-c4ccccc4)nc4ncccn34)C[C@@H]2C[C@H]1O. The summed E-state index contributed by atoms with van der Waals surface area (Å²) in [6.07, 6.45) is 4.91. The molecule has 5 rings (SSSR count). The van der Waals surface area contributed by atoms with E-state index in [0.29, 0.717) is 17.6 Å². The predicted molar refractivity (Wildman–Crippen MR) is 114 cm³/mol. The Morgan fingerprint density at radius 3 is 2.70 bits per heavy atom. The Morgan fingerprint density at radius 1 is 1.17 bits per heavy atom. The maximum absolute atomic E-state index is 11.5. The normalized spacial score (nSPS) is 26.6. The molecule has 1 aliphatic carbocycles. The number of aliphatic hydroxyl groups excluding tert-OH is 1. The van der Waals surface area contributed by atoms with Crippen LogP contribution < -0.4 is 5.32 Å². The van der Waals surface area contributed by atoms with Crippen molar-refractivity contribution in [2.75, 3.05) is 13.1 Å². The number of nitrogens with zero attached hydrogens (tertiary/aromatic N) is 4. The van der Waals surface area contributed by atoms with Crippen LogP contribution in [0.25, 0.3) is 17.0 Å². The molecule has 2 fully saturated rings. The molecule has 0 bridgehead atoms. The molecule has 3 aromatic rings. The van der Waals surface area contributed by atoms with Crippen LogP contribution in [-0.4, -0.2) is 55.5 Å². The first kappa shape index (κ1) is 19.2. The molecule has 0 radical (unpaired) electrons. The van der Waals surface area contributed by atoms with Crippen LogP contribution in [0.1, 0.15) is 25.5 Å². The molecule has 1 aliphatic heterocycles. The summed E-state index contributed by atoms with van der Waals surface area (Å²) in [5.74, 6) is 1.59. The van der Waals surface area contributed by atoms with E-state index in [1.165, 1.54) is 6.92 Å². The standard InChI is InChI=1S/C23H27N5O2/c1-15(29)25-19-10-17-12-27(13-18(17)11-21(19)30)14-20-22(16-6-3-2-4-7-16)26-23-24-8-5-9-28(20)23/h2-9,17-19,21,30H,10-14H2,1H3,(H,25,29)/t17-,18+,19-,21-/m1/s1. The van der Waals surface area contributed by atoms with Gasteiger partial charge < -0.3 is 10.4 Å². The largest absolute Gasteiger partial charge is 0.391 e. The van der Waals surface area contributed by atoms with Gasteiger partial charge in [-0.2, -0.15) is 0 Å². The van der Waals surface area contributed by atoms with Gasteiger partial charge in [-0.3, -0.25) is 14.1 Å². The maximum atomic E-state index is 11.5. The summed E-state index contributed by atoms with van der Waals surface area (Å²) < 4.78 is 2.08. The third kappa shape index (κ3) is 3.59. The van der Waals surface area contributed by atoms with E-state index < -0.39 is 6.10 Å². The van der Waals surface area contributed by atoms with Gasteiger partial charge in [-0.15, -0.1) is 0 Å². The molecule has 30 heavy (non-hydrogen) atoms. The Hall–Kier alpha value is -2.77. The molecule has 7 heteroatoms. The molecule has 7 nitrogen and oxygen atoms in total. The second-order valence-corrected chi connectivity index (χ2v) is 8.62. The van der Waals surface area contributed by atoms with Gasteiger partial charge in [0.2, 0.25) is 11.7 Å². The Bertz CT molecular complexity index is 1050. The first-order valence-corrected chi connectivity index (χ1v) is 10.6. The molecule has 1 amide bonds. The number of fused-ring (bicyclic) bond motifs is 2. The highest BCUT2D eigenvalue weighted by molar-refractivity contribution is 5.73. The Morgan fingerprint density at radius 2 is 1.93 bits per heavy atom. The summed E-state index contributed by atoms with van der Waals surface area (Å²) in [4.78, 5) is 23.2. The molecular formula is C23H27N5O2. The fraction of sp³-hybridized carbons (Fsp3) is 0.435. The minimum atomic E-state index is -0.463. The summed E-state index contributed by atoms with van der Waals surface area (Å²) in [7, 11) is 0. The third-order valence-electron chi connectivity index (χ3n) is 6.53. The van der Waals surface area contributed by atoms with E-state index in [9.17, 15) is 9.90 Å². The van der Waals surface area contributed by atoms with Crippen LogP contribution in [0, 0.1) is 11.8 Å². The summed E-state index contributed by atoms with van der Waals surface area (Å²) >= 11 is 0. The number of rotatable bonds is 4. The molecule has 3 heterocycles. The van der Waals surface area contributed by atoms with E-state index in [4.69, 9.17) is 4.98 Å². The zero-order valence-corrected chi connectivity index (χ0v) is 17.1. The van der Waals surface area contributed by atoms with Gasteiger partial charge in [0.15, 0.2) is 0 Å². The second-order valence-electron chi connectivity index (χ2n) is 8.62. The number of hydrogen-bond donors (Lipinski definition) is 2. The number of carbonyl (C=O) groups excluding carboxylic acids is 1. The number of hydrogen-bond acceptors (Lipinski definition) is 5. The summed E-state index contributed by atoms with van der Waals surface area (Å²) in [6.45, 7) is 4.22. The average molecular weight is 406 g/mol. The number of likely N-dealkylation sites (tertiary alicyclic amines) is 1. The molecule has 156 valence electrons. The smallest absolute Gasteiger partial charge is 0.234 e. The van der Waals surface area contributed by atoms with E-state index in [-0.39, 0.29) is 11.9 Å². The van der Waals surface area contributed by atoms with Crippen LogP contribution in [0.15, 0.2) is 48.8 Å². The molecular weight excluding hydrogens is 378 g/mol. The van der Waals surface area contributed by atoms with E-state index in [0.717, 1.165) is 49.4 Å². The van der Waals surface area contributed by atoms with Crippen molar-refractivity contribution in [2.45, 2.75) is 38.5 Å². The van der Waals surface area contributed by atoms with Crippen molar-refractivity contribution in [3.63, 3.8) is 0 Å². The third-order valence-corrected chi connectivity index (χ3v) is 6.53. The second kappa shape index (κ2) is 7.81. The topological polar surface area (TPSA) is 82.8 Å². The molecule has 1 saturated carbocycles. The molecule has 1 saturated heterocycles. The van der Waals surface area contributed by atoms with E-state index in [2.05, 4.69) is 31.7 Å². The first-order valence-electron chi connectivity index (χ1n) is 10.6. The van der Waals surface area contributed by atoms with Crippen molar-refractivity contribution >= 4 is 11.7 Å². The van der Waals surface area contributed by atoms with Gasteiger partial charge in [0.25, 0.3) is 0 Å². The van der Waals surface area contributed by atoms with Crippen molar-refractivity contribution in [3.8, 4) is 11.3 Å². The summed E-state index contributed by atoms with van der Waals surface area (Å²) in [6, 6.07) is 12.1. The van der Waals surface area contributed by atoms with Crippen molar-refractivity contribution in [1.29, 1.82) is 0 Å². The highest BCUT2D eigenvalue weighted by atomic mass is 16.3. The van der Waals surface area contributed by atoms with Crippen LogP contribution in [0.3, 0.4) is 0 Å². The lowest BCUT2D eigenvalue weighted by molar-refractivity contribution is -0.121. The Balaban J connectivity index is 1.40. The fourth-order valence-electron chi connectivity index (χ4n) is 5.20.